The van der Waals surface area contributed by atoms with E-state index in [2.05, 4.69) is 22.2 Å². The van der Waals surface area contributed by atoms with Gasteiger partial charge in [-0.2, -0.15) is 0 Å². The van der Waals surface area contributed by atoms with Crippen LogP contribution in [0.2, 0.25) is 10.0 Å². The van der Waals surface area contributed by atoms with E-state index in [-0.39, 0.29) is 17.9 Å². The topological polar surface area (TPSA) is 80.3 Å². The van der Waals surface area contributed by atoms with Crippen LogP contribution in [-0.4, -0.2) is 28.9 Å². The highest BCUT2D eigenvalue weighted by Gasteiger charge is 2.21. The Bertz CT molecular complexity index is 1230. The molecule has 0 saturated carbocycles. The second-order valence-electron chi connectivity index (χ2n) is 8.69. The Hall–Kier alpha value is -2.94. The summed E-state index contributed by atoms with van der Waals surface area (Å²) >= 11 is 13.0. The fourth-order valence-electron chi connectivity index (χ4n) is 4.27. The third-order valence-corrected chi connectivity index (χ3v) is 6.94. The highest BCUT2D eigenvalue weighted by Crippen LogP contribution is 2.36. The first-order valence-corrected chi connectivity index (χ1v) is 12.5. The van der Waals surface area contributed by atoms with E-state index < -0.39 is 11.6 Å². The minimum absolute atomic E-state index is 0.0915. The van der Waals surface area contributed by atoms with Gasteiger partial charge in [0.05, 0.1) is 21.8 Å². The van der Waals surface area contributed by atoms with Crippen LogP contribution in [0.1, 0.15) is 30.5 Å². The summed E-state index contributed by atoms with van der Waals surface area (Å²) in [6.07, 6.45) is 4.63. The first-order chi connectivity index (χ1) is 17.3. The van der Waals surface area contributed by atoms with Crippen molar-refractivity contribution in [3.8, 4) is 11.4 Å². The molecule has 6 nitrogen and oxygen atoms in total. The number of hydrogen-bond acceptors (Lipinski definition) is 5. The molecular weight excluding hydrogens is 505 g/mol. The lowest BCUT2D eigenvalue weighted by atomic mass is 9.94. The number of rotatable bonds is 9. The lowest BCUT2D eigenvalue weighted by molar-refractivity contribution is 0.339. The van der Waals surface area contributed by atoms with Crippen molar-refractivity contribution in [2.75, 3.05) is 18.8 Å². The van der Waals surface area contributed by atoms with E-state index in [0.717, 1.165) is 32.4 Å². The average Bonchev–Trinajstić information content (AvgIpc) is 3.16. The number of hydrogen-bond donors (Lipinski definition) is 3. The molecule has 1 aliphatic heterocycles. The third kappa shape index (κ3) is 6.06. The first-order valence-electron chi connectivity index (χ1n) is 11.8. The summed E-state index contributed by atoms with van der Waals surface area (Å²) in [7, 11) is 0. The zero-order valence-electron chi connectivity index (χ0n) is 19.7. The smallest absolute Gasteiger partial charge is 0.145 e. The third-order valence-electron chi connectivity index (χ3n) is 6.31. The highest BCUT2D eigenvalue weighted by atomic mass is 35.5. The van der Waals surface area contributed by atoms with Crippen LogP contribution in [0.4, 0.5) is 14.6 Å². The zero-order chi connectivity index (χ0) is 25.7. The van der Waals surface area contributed by atoms with Gasteiger partial charge in [0.1, 0.15) is 34.8 Å². The molecule has 1 saturated heterocycles. The molecule has 1 aliphatic rings. The maximum absolute atomic E-state index is 13.9. The molecule has 1 aromatic heterocycles. The Labute approximate surface area is 219 Å². The van der Waals surface area contributed by atoms with Gasteiger partial charge in [-0.25, -0.2) is 18.8 Å². The Kier molecular flexibility index (Phi) is 8.61. The second-order valence-corrected chi connectivity index (χ2v) is 9.51. The van der Waals surface area contributed by atoms with E-state index in [9.17, 15) is 8.78 Å². The minimum Gasteiger partial charge on any atom is -0.383 e. The van der Waals surface area contributed by atoms with Gasteiger partial charge in [0, 0.05) is 18.7 Å². The van der Waals surface area contributed by atoms with Crippen LogP contribution >= 0.6 is 23.2 Å². The van der Waals surface area contributed by atoms with E-state index in [1.807, 2.05) is 4.57 Å². The number of nitrogens with two attached hydrogens (primary N) is 1. The molecule has 4 rings (SSSR count). The van der Waals surface area contributed by atoms with Crippen LogP contribution < -0.4 is 16.4 Å². The molecule has 0 radical (unpaired) electrons. The molecule has 1 fully saturated rings. The van der Waals surface area contributed by atoms with Crippen molar-refractivity contribution >= 4 is 35.2 Å². The van der Waals surface area contributed by atoms with Gasteiger partial charge in [0.15, 0.2) is 0 Å². The molecule has 0 atom stereocenters. The average molecular weight is 533 g/mol. The summed E-state index contributed by atoms with van der Waals surface area (Å²) in [6.45, 7) is 6.38. The number of aliphatic imine (C=N–C) groups is 1. The molecule has 3 aromatic rings. The van der Waals surface area contributed by atoms with Crippen molar-refractivity contribution in [1.29, 1.82) is 0 Å². The fourth-order valence-corrected chi connectivity index (χ4v) is 4.83. The van der Waals surface area contributed by atoms with Crippen LogP contribution in [0.25, 0.3) is 11.4 Å². The molecule has 2 heterocycles. The van der Waals surface area contributed by atoms with Crippen LogP contribution in [0.15, 0.2) is 53.8 Å². The molecule has 0 spiro atoms. The number of halogens is 4. The number of nitrogen functional groups attached to an aromatic ring is 1. The van der Waals surface area contributed by atoms with E-state index in [1.165, 1.54) is 24.4 Å². The lowest BCUT2D eigenvalue weighted by Crippen LogP contribution is -2.28. The van der Waals surface area contributed by atoms with Gasteiger partial charge in [-0.05, 0) is 62.5 Å². The number of aromatic nitrogens is 2. The minimum atomic E-state index is -0.641. The first kappa shape index (κ1) is 26.1. The van der Waals surface area contributed by atoms with Crippen molar-refractivity contribution in [3.05, 3.63) is 81.7 Å². The van der Waals surface area contributed by atoms with Gasteiger partial charge >= 0.3 is 0 Å². The van der Waals surface area contributed by atoms with Crippen molar-refractivity contribution in [2.24, 2.45) is 10.9 Å². The van der Waals surface area contributed by atoms with Gasteiger partial charge in [0.2, 0.25) is 0 Å². The van der Waals surface area contributed by atoms with Crippen molar-refractivity contribution in [2.45, 2.75) is 32.4 Å². The molecule has 0 unspecified atom stereocenters. The van der Waals surface area contributed by atoms with E-state index in [1.54, 1.807) is 18.2 Å². The van der Waals surface area contributed by atoms with Crippen molar-refractivity contribution in [1.82, 2.24) is 20.2 Å². The fraction of sp³-hybridized carbons (Fsp3) is 0.308. The molecule has 0 bridgehead atoms. The van der Waals surface area contributed by atoms with Crippen LogP contribution in [0.5, 0.6) is 0 Å². The van der Waals surface area contributed by atoms with Gasteiger partial charge < -0.3 is 20.9 Å². The summed E-state index contributed by atoms with van der Waals surface area (Å²) in [5.74, 6) is 0.493. The summed E-state index contributed by atoms with van der Waals surface area (Å²) in [5.41, 5.74) is 7.44. The summed E-state index contributed by atoms with van der Waals surface area (Å²) < 4.78 is 29.7. The quantitative estimate of drug-likeness (QED) is 0.305. The molecule has 2 aromatic carbocycles. The highest BCUT2D eigenvalue weighted by molar-refractivity contribution is 6.39. The summed E-state index contributed by atoms with van der Waals surface area (Å²) in [6, 6.07) is 9.00. The monoisotopic (exact) mass is 532 g/mol. The lowest BCUT2D eigenvalue weighted by Gasteiger charge is -2.23. The van der Waals surface area contributed by atoms with E-state index in [0.29, 0.717) is 45.4 Å². The molecule has 36 heavy (non-hydrogen) atoms. The van der Waals surface area contributed by atoms with E-state index >= 15 is 0 Å². The SMILES string of the molecule is C=C(N=Cc1nc(-c2c(Cl)cccc2Cl)n(CCC2CCNCC2)c1N)NCc1c(F)cccc1F. The number of nitrogens with one attached hydrogen (secondary N) is 2. The number of piperidine rings is 1. The maximum Gasteiger partial charge on any atom is 0.145 e. The normalized spacial score (nSPS) is 14.4. The van der Waals surface area contributed by atoms with Gasteiger partial charge in [-0.3, -0.25) is 0 Å². The van der Waals surface area contributed by atoms with Crippen LogP contribution in [0.3, 0.4) is 0 Å². The number of imidazole rings is 1. The molecule has 4 N–H and O–H groups in total. The molecule has 0 amide bonds. The van der Waals surface area contributed by atoms with Gasteiger partial charge in [0.25, 0.3) is 0 Å². The predicted octanol–water partition coefficient (Wildman–Crippen LogP) is 5.79. The summed E-state index contributed by atoms with van der Waals surface area (Å²) in [4.78, 5) is 8.97. The van der Waals surface area contributed by atoms with Gasteiger partial charge in [-0.1, -0.05) is 41.9 Å². The largest absolute Gasteiger partial charge is 0.383 e. The second kappa shape index (κ2) is 11.9. The Balaban J connectivity index is 1.56. The van der Waals surface area contributed by atoms with Gasteiger partial charge in [-0.15, -0.1) is 0 Å². The number of benzene rings is 2. The van der Waals surface area contributed by atoms with Crippen LogP contribution in [-0.2, 0) is 13.1 Å². The predicted molar refractivity (Wildman–Crippen MR) is 142 cm³/mol. The Morgan fingerprint density at radius 1 is 1.17 bits per heavy atom. The van der Waals surface area contributed by atoms with Crippen molar-refractivity contribution in [3.63, 3.8) is 0 Å². The van der Waals surface area contributed by atoms with E-state index in [4.69, 9.17) is 33.9 Å². The molecule has 190 valence electrons. The van der Waals surface area contributed by atoms with Crippen LogP contribution in [0, 0.1) is 17.6 Å². The Morgan fingerprint density at radius 2 is 1.81 bits per heavy atom. The standard InChI is InChI=1S/C26H28Cl2F2N6/c1-16(33-14-18-21(29)6-3-7-22(18)30)34-15-23-25(31)36(13-10-17-8-11-32-12-9-17)26(35-23)24-19(27)4-2-5-20(24)28/h2-7,15,17,32-33H,1,8-14,31H2. The molecule has 0 aliphatic carbocycles. The number of nitrogens with zero attached hydrogens (tertiary/aromatic N) is 3. The summed E-state index contributed by atoms with van der Waals surface area (Å²) in [5, 5.41) is 7.14. The molecule has 10 heteroatoms. The van der Waals surface area contributed by atoms with Crippen molar-refractivity contribution < 1.29 is 8.78 Å². The maximum atomic E-state index is 13.9. The Morgan fingerprint density at radius 3 is 2.47 bits per heavy atom. The number of anilines is 1. The zero-order valence-corrected chi connectivity index (χ0v) is 21.2. The molecular formula is C26H28Cl2F2N6.